The standard InChI is InChI=1S/2C15H22N2/c1-14(2,3)11-12-10(8-7-9-16-12)17-13(11)15(4,5)6;1-14(2,3)12-13(15(4,5)6)17-10-8-7-9-11(17)16-12/h7-9,17H,1-6H3;7-10H,1-6H3. The van der Waals surface area contributed by atoms with E-state index in [0.717, 1.165) is 16.7 Å². The van der Waals surface area contributed by atoms with E-state index >= 15 is 0 Å². The topological polar surface area (TPSA) is 46.0 Å². The van der Waals surface area contributed by atoms with Crippen LogP contribution in [0.1, 0.15) is 106 Å². The Hall–Kier alpha value is -2.62. The Balaban J connectivity index is 0.000000191. The fraction of sp³-hybridized carbons (Fsp3) is 0.533. The third kappa shape index (κ3) is 5.21. The van der Waals surface area contributed by atoms with Crippen LogP contribution in [0.3, 0.4) is 0 Å². The predicted molar refractivity (Wildman–Crippen MR) is 146 cm³/mol. The van der Waals surface area contributed by atoms with Crippen LogP contribution in [0.15, 0.2) is 42.7 Å². The number of aromatic amines is 1. The maximum absolute atomic E-state index is 4.81. The van der Waals surface area contributed by atoms with E-state index in [0.29, 0.717) is 0 Å². The molecular weight excluding hydrogens is 416 g/mol. The molecule has 1 N–H and O–H groups in total. The summed E-state index contributed by atoms with van der Waals surface area (Å²) in [6.07, 6.45) is 3.98. The Kier molecular flexibility index (Phi) is 6.54. The van der Waals surface area contributed by atoms with Gasteiger partial charge in [-0.3, -0.25) is 4.98 Å². The summed E-state index contributed by atoms with van der Waals surface area (Å²) in [6.45, 7) is 26.9. The van der Waals surface area contributed by atoms with Gasteiger partial charge in [0, 0.05) is 39.9 Å². The van der Waals surface area contributed by atoms with Crippen LogP contribution in [-0.4, -0.2) is 19.4 Å². The minimum absolute atomic E-state index is 0.0780. The van der Waals surface area contributed by atoms with Crippen molar-refractivity contribution in [1.29, 1.82) is 0 Å². The van der Waals surface area contributed by atoms with Crippen molar-refractivity contribution in [1.82, 2.24) is 19.4 Å². The third-order valence-corrected chi connectivity index (χ3v) is 6.00. The molecule has 0 radical (unpaired) electrons. The highest BCUT2D eigenvalue weighted by atomic mass is 15.0. The Morgan fingerprint density at radius 1 is 0.706 bits per heavy atom. The number of H-pyrrole nitrogens is 1. The largest absolute Gasteiger partial charge is 0.356 e. The Morgan fingerprint density at radius 2 is 1.35 bits per heavy atom. The molecule has 0 aliphatic carbocycles. The van der Waals surface area contributed by atoms with Gasteiger partial charge in [-0.25, -0.2) is 4.98 Å². The van der Waals surface area contributed by atoms with Gasteiger partial charge >= 0.3 is 0 Å². The van der Waals surface area contributed by atoms with Crippen LogP contribution in [0, 0.1) is 0 Å². The van der Waals surface area contributed by atoms with Crippen molar-refractivity contribution < 1.29 is 0 Å². The number of pyridine rings is 2. The summed E-state index contributed by atoms with van der Waals surface area (Å²) < 4.78 is 2.22. The van der Waals surface area contributed by atoms with E-state index in [-0.39, 0.29) is 21.7 Å². The molecule has 4 rings (SSSR count). The molecule has 0 bridgehead atoms. The SMILES string of the molecule is CC(C)(C)c1[nH]c2cccnc2c1C(C)(C)C.CC(C)(C)c1nc2ccccn2c1C(C)(C)C. The molecule has 0 aliphatic rings. The van der Waals surface area contributed by atoms with Gasteiger partial charge in [0.05, 0.1) is 22.4 Å². The zero-order valence-electron chi connectivity index (χ0n) is 23.4. The molecule has 34 heavy (non-hydrogen) atoms. The lowest BCUT2D eigenvalue weighted by atomic mass is 9.79. The average molecular weight is 461 g/mol. The first kappa shape index (κ1) is 26.0. The molecule has 0 spiro atoms. The molecular formula is C30H44N4. The molecule has 0 unspecified atom stereocenters. The lowest BCUT2D eigenvalue weighted by Gasteiger charge is -2.26. The predicted octanol–water partition coefficient (Wildman–Crippen LogP) is 8.09. The van der Waals surface area contributed by atoms with Crippen molar-refractivity contribution in [3.63, 3.8) is 0 Å². The Labute approximate surface area is 206 Å². The molecule has 0 atom stereocenters. The summed E-state index contributed by atoms with van der Waals surface area (Å²) in [7, 11) is 0. The summed E-state index contributed by atoms with van der Waals surface area (Å²) in [5.41, 5.74) is 8.88. The maximum atomic E-state index is 4.81. The molecule has 0 aromatic carbocycles. The molecule has 4 heterocycles. The summed E-state index contributed by atoms with van der Waals surface area (Å²) >= 11 is 0. The van der Waals surface area contributed by atoms with E-state index in [1.54, 1.807) is 0 Å². The summed E-state index contributed by atoms with van der Waals surface area (Å²) in [6, 6.07) is 10.3. The van der Waals surface area contributed by atoms with E-state index < -0.39 is 0 Å². The monoisotopic (exact) mass is 460 g/mol. The first-order chi connectivity index (χ1) is 15.4. The highest BCUT2D eigenvalue weighted by Gasteiger charge is 2.31. The van der Waals surface area contributed by atoms with Crippen LogP contribution in [0.5, 0.6) is 0 Å². The number of rotatable bonds is 0. The molecule has 0 fully saturated rings. The van der Waals surface area contributed by atoms with E-state index in [1.807, 2.05) is 18.3 Å². The number of nitrogens with zero attached hydrogens (tertiary/aromatic N) is 3. The fourth-order valence-corrected chi connectivity index (χ4v) is 4.55. The lowest BCUT2D eigenvalue weighted by Crippen LogP contribution is -2.23. The van der Waals surface area contributed by atoms with Gasteiger partial charge in [-0.15, -0.1) is 0 Å². The second kappa shape index (κ2) is 8.55. The summed E-state index contributed by atoms with van der Waals surface area (Å²) in [4.78, 5) is 12.9. The van der Waals surface area contributed by atoms with E-state index in [2.05, 4.69) is 122 Å². The van der Waals surface area contributed by atoms with Crippen molar-refractivity contribution in [3.05, 3.63) is 65.4 Å². The molecule has 0 saturated heterocycles. The number of hydrogen-bond donors (Lipinski definition) is 1. The normalized spacial score (nSPS) is 13.3. The van der Waals surface area contributed by atoms with Gasteiger partial charge in [0.2, 0.25) is 0 Å². The molecule has 4 aromatic heterocycles. The highest BCUT2D eigenvalue weighted by molar-refractivity contribution is 5.82. The van der Waals surface area contributed by atoms with Crippen LogP contribution in [0.25, 0.3) is 16.7 Å². The maximum Gasteiger partial charge on any atom is 0.137 e. The number of hydrogen-bond acceptors (Lipinski definition) is 2. The van der Waals surface area contributed by atoms with Crippen LogP contribution in [0.2, 0.25) is 0 Å². The van der Waals surface area contributed by atoms with Crippen molar-refractivity contribution in [3.8, 4) is 0 Å². The zero-order chi connectivity index (χ0) is 25.7. The van der Waals surface area contributed by atoms with Crippen molar-refractivity contribution in [2.75, 3.05) is 0 Å². The highest BCUT2D eigenvalue weighted by Crippen LogP contribution is 2.38. The molecule has 4 aromatic rings. The van der Waals surface area contributed by atoms with Crippen molar-refractivity contribution in [2.45, 2.75) is 105 Å². The number of fused-ring (bicyclic) bond motifs is 2. The molecule has 4 heteroatoms. The quantitative estimate of drug-likeness (QED) is 0.288. The van der Waals surface area contributed by atoms with Gasteiger partial charge in [-0.05, 0) is 29.7 Å². The van der Waals surface area contributed by atoms with Crippen LogP contribution in [0.4, 0.5) is 0 Å². The Morgan fingerprint density at radius 3 is 1.88 bits per heavy atom. The van der Waals surface area contributed by atoms with Gasteiger partial charge in [0.25, 0.3) is 0 Å². The first-order valence-corrected chi connectivity index (χ1v) is 12.4. The summed E-state index contributed by atoms with van der Waals surface area (Å²) in [5, 5.41) is 0. The van der Waals surface area contributed by atoms with Gasteiger partial charge in [-0.1, -0.05) is 89.2 Å². The smallest absolute Gasteiger partial charge is 0.137 e. The number of aromatic nitrogens is 4. The minimum Gasteiger partial charge on any atom is -0.356 e. The van der Waals surface area contributed by atoms with Crippen molar-refractivity contribution in [2.24, 2.45) is 0 Å². The van der Waals surface area contributed by atoms with E-state index in [9.17, 15) is 0 Å². The first-order valence-electron chi connectivity index (χ1n) is 12.4. The molecule has 0 saturated carbocycles. The van der Waals surface area contributed by atoms with Crippen LogP contribution < -0.4 is 0 Å². The Bertz CT molecular complexity index is 1170. The van der Waals surface area contributed by atoms with Crippen LogP contribution >= 0.6 is 0 Å². The molecule has 0 amide bonds. The summed E-state index contributed by atoms with van der Waals surface area (Å²) in [5.74, 6) is 0. The van der Waals surface area contributed by atoms with Gasteiger partial charge in [0.1, 0.15) is 5.65 Å². The average Bonchev–Trinajstić information content (AvgIpc) is 3.27. The fourth-order valence-electron chi connectivity index (χ4n) is 4.55. The van der Waals surface area contributed by atoms with E-state index in [1.165, 1.54) is 22.6 Å². The second-order valence-corrected chi connectivity index (χ2v) is 13.5. The lowest BCUT2D eigenvalue weighted by molar-refractivity contribution is 0.506. The number of imidazole rings is 1. The molecule has 4 nitrogen and oxygen atoms in total. The number of nitrogens with one attached hydrogen (secondary N) is 1. The van der Waals surface area contributed by atoms with Gasteiger partial charge in [0.15, 0.2) is 0 Å². The minimum atomic E-state index is 0.0780. The third-order valence-electron chi connectivity index (χ3n) is 6.00. The van der Waals surface area contributed by atoms with Crippen molar-refractivity contribution >= 4 is 16.7 Å². The van der Waals surface area contributed by atoms with Crippen LogP contribution in [-0.2, 0) is 21.7 Å². The molecule has 0 aliphatic heterocycles. The molecule has 184 valence electrons. The zero-order valence-corrected chi connectivity index (χ0v) is 23.4. The van der Waals surface area contributed by atoms with Gasteiger partial charge < -0.3 is 9.38 Å². The van der Waals surface area contributed by atoms with Gasteiger partial charge in [-0.2, -0.15) is 0 Å². The van der Waals surface area contributed by atoms with E-state index in [4.69, 9.17) is 4.98 Å². The second-order valence-electron chi connectivity index (χ2n) is 13.5.